The van der Waals surface area contributed by atoms with E-state index in [1.54, 1.807) is 48.6 Å². The number of benzene rings is 3. The summed E-state index contributed by atoms with van der Waals surface area (Å²) in [5, 5.41) is 22.7. The average molecular weight is 423 g/mol. The highest BCUT2D eigenvalue weighted by Gasteiger charge is 2.51. The largest absolute Gasteiger partial charge is 0.508 e. The number of nitrogens with one attached hydrogen (secondary N) is 1. The lowest BCUT2D eigenvalue weighted by Gasteiger charge is -2.34. The standard InChI is InChI=1S/C27H21NO4/c29-21-7-3-5-17(13-21)11-19-15-27(23-9-1-2-10-24(23)28-26(27)32)16-20(25(19)31)12-18-6-4-8-22(30)14-18/h1-14,29-30H,15-16H2,(H,28,32)/b19-11+,20-12+. The number of carbonyl (C=O) groups is 2. The number of phenols is 2. The lowest BCUT2D eigenvalue weighted by atomic mass is 9.65. The van der Waals surface area contributed by atoms with Crippen molar-refractivity contribution in [3.8, 4) is 11.5 Å². The number of amides is 1. The molecule has 5 nitrogen and oxygen atoms in total. The minimum atomic E-state index is -0.893. The summed E-state index contributed by atoms with van der Waals surface area (Å²) < 4.78 is 0. The Morgan fingerprint density at radius 3 is 1.88 bits per heavy atom. The van der Waals surface area contributed by atoms with Crippen LogP contribution in [-0.4, -0.2) is 21.9 Å². The molecule has 3 aromatic carbocycles. The van der Waals surface area contributed by atoms with E-state index >= 15 is 0 Å². The molecule has 1 aliphatic heterocycles. The van der Waals surface area contributed by atoms with Gasteiger partial charge in [0, 0.05) is 16.8 Å². The molecular weight excluding hydrogens is 402 g/mol. The number of hydrogen-bond donors (Lipinski definition) is 3. The van der Waals surface area contributed by atoms with Gasteiger partial charge in [-0.3, -0.25) is 9.59 Å². The molecular formula is C27H21NO4. The molecule has 3 N–H and O–H groups in total. The van der Waals surface area contributed by atoms with E-state index < -0.39 is 5.41 Å². The fourth-order valence-corrected chi connectivity index (χ4v) is 4.67. The Balaban J connectivity index is 1.67. The lowest BCUT2D eigenvalue weighted by molar-refractivity contribution is -0.122. The van der Waals surface area contributed by atoms with E-state index in [1.807, 2.05) is 36.4 Å². The fraction of sp³-hybridized carbons (Fsp3) is 0.111. The van der Waals surface area contributed by atoms with E-state index in [2.05, 4.69) is 5.32 Å². The van der Waals surface area contributed by atoms with E-state index in [1.165, 1.54) is 0 Å². The van der Waals surface area contributed by atoms with Gasteiger partial charge in [0.2, 0.25) is 5.91 Å². The number of carbonyl (C=O) groups excluding carboxylic acids is 2. The summed E-state index contributed by atoms with van der Waals surface area (Å²) in [6, 6.07) is 20.9. The van der Waals surface area contributed by atoms with E-state index in [0.717, 1.165) is 11.3 Å². The molecule has 3 aromatic rings. The maximum Gasteiger partial charge on any atom is 0.235 e. The van der Waals surface area contributed by atoms with Crippen molar-refractivity contribution >= 4 is 29.5 Å². The van der Waals surface area contributed by atoms with E-state index in [9.17, 15) is 19.8 Å². The van der Waals surface area contributed by atoms with Gasteiger partial charge in [-0.25, -0.2) is 0 Å². The maximum absolute atomic E-state index is 13.5. The van der Waals surface area contributed by atoms with Gasteiger partial charge in [0.25, 0.3) is 0 Å². The summed E-state index contributed by atoms with van der Waals surface area (Å²) in [5.74, 6) is -0.0529. The monoisotopic (exact) mass is 423 g/mol. The van der Waals surface area contributed by atoms with Gasteiger partial charge in [0.05, 0.1) is 5.41 Å². The predicted octanol–water partition coefficient (Wildman–Crippen LogP) is 4.82. The molecule has 2 aliphatic rings. The summed E-state index contributed by atoms with van der Waals surface area (Å²) >= 11 is 0. The molecule has 1 spiro atoms. The third-order valence-electron chi connectivity index (χ3n) is 6.12. The number of ketones is 1. The lowest BCUT2D eigenvalue weighted by Crippen LogP contribution is -2.40. The van der Waals surface area contributed by atoms with Gasteiger partial charge < -0.3 is 15.5 Å². The van der Waals surface area contributed by atoms with Gasteiger partial charge in [-0.2, -0.15) is 0 Å². The van der Waals surface area contributed by atoms with Gasteiger partial charge >= 0.3 is 0 Å². The zero-order chi connectivity index (χ0) is 22.3. The molecule has 32 heavy (non-hydrogen) atoms. The van der Waals surface area contributed by atoms with E-state index in [0.29, 0.717) is 22.3 Å². The minimum absolute atomic E-state index is 0.108. The van der Waals surface area contributed by atoms with Gasteiger partial charge in [-0.1, -0.05) is 42.5 Å². The molecule has 5 rings (SSSR count). The maximum atomic E-state index is 13.5. The molecule has 1 amide bonds. The smallest absolute Gasteiger partial charge is 0.235 e. The van der Waals surface area contributed by atoms with Crippen molar-refractivity contribution in [3.63, 3.8) is 0 Å². The number of fused-ring (bicyclic) bond motifs is 2. The first-order chi connectivity index (χ1) is 15.4. The number of allylic oxidation sites excluding steroid dienone is 2. The Morgan fingerprint density at radius 2 is 1.31 bits per heavy atom. The van der Waals surface area contributed by atoms with Crippen LogP contribution in [0.3, 0.4) is 0 Å². The summed E-state index contributed by atoms with van der Waals surface area (Å²) in [6.07, 6.45) is 4.02. The topological polar surface area (TPSA) is 86.6 Å². The highest BCUT2D eigenvalue weighted by Crippen LogP contribution is 2.50. The van der Waals surface area contributed by atoms with Crippen molar-refractivity contribution < 1.29 is 19.8 Å². The van der Waals surface area contributed by atoms with Gasteiger partial charge in [0.15, 0.2) is 5.78 Å². The Hall–Kier alpha value is -4.12. The van der Waals surface area contributed by atoms with Crippen molar-refractivity contribution in [1.29, 1.82) is 0 Å². The number of anilines is 1. The van der Waals surface area contributed by atoms with E-state index in [-0.39, 0.29) is 36.0 Å². The van der Waals surface area contributed by atoms with Crippen LogP contribution >= 0.6 is 0 Å². The van der Waals surface area contributed by atoms with Crippen LogP contribution in [-0.2, 0) is 15.0 Å². The van der Waals surface area contributed by atoms with Gasteiger partial charge in [0.1, 0.15) is 11.5 Å². The number of para-hydroxylation sites is 1. The van der Waals surface area contributed by atoms with E-state index in [4.69, 9.17) is 0 Å². The molecule has 0 bridgehead atoms. The second-order valence-corrected chi connectivity index (χ2v) is 8.29. The van der Waals surface area contributed by atoms with Crippen LogP contribution in [0.25, 0.3) is 12.2 Å². The van der Waals surface area contributed by atoms with Crippen LogP contribution in [0.15, 0.2) is 83.9 Å². The van der Waals surface area contributed by atoms with Crippen molar-refractivity contribution in [3.05, 3.63) is 101 Å². The number of phenolic OH excluding ortho intramolecular Hbond substituents is 2. The molecule has 0 atom stereocenters. The van der Waals surface area contributed by atoms with Crippen molar-refractivity contribution in [2.45, 2.75) is 18.3 Å². The molecule has 5 heteroatoms. The highest BCUT2D eigenvalue weighted by atomic mass is 16.3. The first-order valence-electron chi connectivity index (χ1n) is 10.4. The van der Waals surface area contributed by atoms with Gasteiger partial charge in [-0.05, 0) is 72.0 Å². The Kier molecular flexibility index (Phi) is 4.67. The van der Waals surface area contributed by atoms with Crippen LogP contribution in [0.5, 0.6) is 11.5 Å². The van der Waals surface area contributed by atoms with Crippen molar-refractivity contribution in [2.75, 3.05) is 5.32 Å². The molecule has 1 heterocycles. The van der Waals surface area contributed by atoms with Crippen LogP contribution < -0.4 is 5.32 Å². The zero-order valence-electron chi connectivity index (χ0n) is 17.2. The van der Waals surface area contributed by atoms with Crippen molar-refractivity contribution in [2.24, 2.45) is 0 Å². The Morgan fingerprint density at radius 1 is 0.750 bits per heavy atom. The zero-order valence-corrected chi connectivity index (χ0v) is 17.2. The SMILES string of the molecule is O=C1/C(=C/c2cccc(O)c2)CC2(C/C1=C\c1cccc(O)c1)C(=O)Nc1ccccc12. The molecule has 1 aliphatic carbocycles. The highest BCUT2D eigenvalue weighted by molar-refractivity contribution is 6.18. The summed E-state index contributed by atoms with van der Waals surface area (Å²) in [7, 11) is 0. The average Bonchev–Trinajstić information content (AvgIpc) is 3.02. The molecule has 0 unspecified atom stereocenters. The summed E-state index contributed by atoms with van der Waals surface area (Å²) in [5.41, 5.74) is 3.12. The second-order valence-electron chi connectivity index (χ2n) is 8.29. The predicted molar refractivity (Wildman–Crippen MR) is 123 cm³/mol. The normalized spacial score (nSPS) is 22.4. The molecule has 1 saturated carbocycles. The Bertz CT molecular complexity index is 1250. The quantitative estimate of drug-likeness (QED) is 0.516. The van der Waals surface area contributed by atoms with Crippen LogP contribution in [0, 0.1) is 0 Å². The Labute approximate surface area is 185 Å². The van der Waals surface area contributed by atoms with Gasteiger partial charge in [-0.15, -0.1) is 0 Å². The number of Topliss-reactive ketones (excluding diaryl/α,β-unsaturated/α-hetero) is 1. The molecule has 0 radical (unpaired) electrons. The third-order valence-corrected chi connectivity index (χ3v) is 6.12. The second kappa shape index (κ2) is 7.54. The van der Waals surface area contributed by atoms with Crippen LogP contribution in [0.1, 0.15) is 29.5 Å². The molecule has 0 saturated heterocycles. The van der Waals surface area contributed by atoms with Crippen LogP contribution in [0.4, 0.5) is 5.69 Å². The minimum Gasteiger partial charge on any atom is -0.508 e. The molecule has 0 aromatic heterocycles. The summed E-state index contributed by atoms with van der Waals surface area (Å²) in [4.78, 5) is 26.7. The summed E-state index contributed by atoms with van der Waals surface area (Å²) in [6.45, 7) is 0. The number of hydrogen-bond acceptors (Lipinski definition) is 4. The third kappa shape index (κ3) is 3.38. The van der Waals surface area contributed by atoms with Crippen molar-refractivity contribution in [1.82, 2.24) is 0 Å². The number of rotatable bonds is 2. The fourth-order valence-electron chi connectivity index (χ4n) is 4.67. The molecule has 158 valence electrons. The number of aromatic hydroxyl groups is 2. The molecule has 1 fully saturated rings. The first kappa shape index (κ1) is 19.8. The first-order valence-corrected chi connectivity index (χ1v) is 10.4. The van der Waals surface area contributed by atoms with Crippen LogP contribution in [0.2, 0.25) is 0 Å².